The first-order chi connectivity index (χ1) is 10.2. The Morgan fingerprint density at radius 3 is 2.86 bits per heavy atom. The normalized spacial score (nSPS) is 17.9. The predicted octanol–water partition coefficient (Wildman–Crippen LogP) is 0.582. The number of carbonyl (C=O) groups excluding carboxylic acids is 1. The van der Waals surface area contributed by atoms with Gasteiger partial charge >= 0.3 is 0 Å². The van der Waals surface area contributed by atoms with Gasteiger partial charge in [-0.3, -0.25) is 4.79 Å². The molecule has 1 unspecified atom stereocenters. The zero-order valence-corrected chi connectivity index (χ0v) is 13.2. The van der Waals surface area contributed by atoms with Crippen LogP contribution >= 0.6 is 12.4 Å². The molecule has 8 heteroatoms. The Labute approximate surface area is 135 Å². The number of tetrazole rings is 1. The summed E-state index contributed by atoms with van der Waals surface area (Å²) in [6.45, 7) is 4.47. The number of aromatic nitrogens is 4. The summed E-state index contributed by atoms with van der Waals surface area (Å²) in [5.74, 6) is 0.567. The minimum absolute atomic E-state index is 0. The number of halogens is 1. The van der Waals surface area contributed by atoms with Gasteiger partial charge in [-0.05, 0) is 12.1 Å². The summed E-state index contributed by atoms with van der Waals surface area (Å²) in [5.41, 5.74) is 0.895. The van der Waals surface area contributed by atoms with Crippen LogP contribution in [0.15, 0.2) is 30.3 Å². The van der Waals surface area contributed by atoms with Crippen LogP contribution in [0.4, 0.5) is 0 Å². The fourth-order valence-corrected chi connectivity index (χ4v) is 2.39. The highest BCUT2D eigenvalue weighted by Gasteiger charge is 2.21. The third-order valence-corrected chi connectivity index (χ3v) is 3.48. The molecule has 1 aliphatic heterocycles. The SMILES string of the molecule is CC1CN(C(=O)Cn2nnc(-c3ccccc3)n2)CCN1.Cl. The largest absolute Gasteiger partial charge is 0.338 e. The summed E-state index contributed by atoms with van der Waals surface area (Å²) in [6, 6.07) is 9.93. The molecule has 1 saturated heterocycles. The van der Waals surface area contributed by atoms with Gasteiger partial charge in [0.15, 0.2) is 0 Å². The lowest BCUT2D eigenvalue weighted by molar-refractivity contribution is -0.133. The van der Waals surface area contributed by atoms with E-state index in [-0.39, 0.29) is 24.9 Å². The van der Waals surface area contributed by atoms with Crippen molar-refractivity contribution >= 4 is 18.3 Å². The van der Waals surface area contributed by atoms with Crippen molar-refractivity contribution < 1.29 is 4.79 Å². The summed E-state index contributed by atoms with van der Waals surface area (Å²) in [4.78, 5) is 15.4. The number of rotatable bonds is 3. The number of amides is 1. The van der Waals surface area contributed by atoms with Crippen LogP contribution in [0, 0.1) is 0 Å². The number of carbonyl (C=O) groups is 1. The molecule has 118 valence electrons. The molecule has 0 bridgehead atoms. The lowest BCUT2D eigenvalue weighted by Gasteiger charge is -2.31. The Morgan fingerprint density at radius 2 is 2.14 bits per heavy atom. The molecule has 1 fully saturated rings. The van der Waals surface area contributed by atoms with Crippen LogP contribution in [-0.4, -0.2) is 56.7 Å². The van der Waals surface area contributed by atoms with Crippen molar-refractivity contribution in [1.29, 1.82) is 0 Å². The number of benzene rings is 1. The zero-order valence-electron chi connectivity index (χ0n) is 12.3. The molecule has 2 heterocycles. The molecule has 1 aliphatic rings. The molecule has 7 nitrogen and oxygen atoms in total. The van der Waals surface area contributed by atoms with Gasteiger partial charge in [-0.2, -0.15) is 4.80 Å². The monoisotopic (exact) mass is 322 g/mol. The van der Waals surface area contributed by atoms with Gasteiger partial charge in [-0.25, -0.2) is 0 Å². The topological polar surface area (TPSA) is 75.9 Å². The van der Waals surface area contributed by atoms with Crippen LogP contribution in [0.5, 0.6) is 0 Å². The van der Waals surface area contributed by atoms with E-state index in [2.05, 4.69) is 27.7 Å². The number of hydrogen-bond donors (Lipinski definition) is 1. The molecule has 2 aromatic rings. The lowest BCUT2D eigenvalue weighted by atomic mass is 10.2. The van der Waals surface area contributed by atoms with Gasteiger partial charge in [-0.15, -0.1) is 22.6 Å². The van der Waals surface area contributed by atoms with E-state index in [9.17, 15) is 4.79 Å². The van der Waals surface area contributed by atoms with Crippen molar-refractivity contribution in [2.24, 2.45) is 0 Å². The molecule has 0 radical (unpaired) electrons. The summed E-state index contributed by atoms with van der Waals surface area (Å²) >= 11 is 0. The molecule has 1 amide bonds. The standard InChI is InChI=1S/C14H18N6O.ClH/c1-11-9-19(8-7-15-11)13(21)10-20-17-14(16-18-20)12-5-3-2-4-6-12;/h2-6,11,15H,7-10H2,1H3;1H. The van der Waals surface area contributed by atoms with Crippen LogP contribution in [0.1, 0.15) is 6.92 Å². The molecule has 0 saturated carbocycles. The summed E-state index contributed by atoms with van der Waals surface area (Å²) in [5, 5.41) is 15.5. The Kier molecular flexibility index (Phi) is 5.46. The van der Waals surface area contributed by atoms with Crippen molar-refractivity contribution in [3.63, 3.8) is 0 Å². The molecule has 22 heavy (non-hydrogen) atoms. The van der Waals surface area contributed by atoms with Crippen molar-refractivity contribution in [3.8, 4) is 11.4 Å². The summed E-state index contributed by atoms with van der Waals surface area (Å²) in [7, 11) is 0. The van der Waals surface area contributed by atoms with E-state index >= 15 is 0 Å². The van der Waals surface area contributed by atoms with E-state index in [1.54, 1.807) is 0 Å². The van der Waals surface area contributed by atoms with Crippen LogP contribution in [-0.2, 0) is 11.3 Å². The third kappa shape index (κ3) is 3.80. The fourth-order valence-electron chi connectivity index (χ4n) is 2.39. The van der Waals surface area contributed by atoms with E-state index < -0.39 is 0 Å². The van der Waals surface area contributed by atoms with Gasteiger partial charge in [0.05, 0.1) is 0 Å². The predicted molar refractivity (Wildman–Crippen MR) is 84.5 cm³/mol. The molecule has 3 rings (SSSR count). The molecular formula is C14H19ClN6O. The first-order valence-corrected chi connectivity index (χ1v) is 7.07. The second-order valence-electron chi connectivity index (χ2n) is 5.20. The van der Waals surface area contributed by atoms with Crippen LogP contribution in [0.2, 0.25) is 0 Å². The van der Waals surface area contributed by atoms with E-state index in [0.29, 0.717) is 11.9 Å². The van der Waals surface area contributed by atoms with Crippen molar-refractivity contribution in [1.82, 2.24) is 30.4 Å². The number of nitrogens with zero attached hydrogens (tertiary/aromatic N) is 5. The Hall–Kier alpha value is -1.99. The Morgan fingerprint density at radius 1 is 1.36 bits per heavy atom. The van der Waals surface area contributed by atoms with E-state index in [1.807, 2.05) is 35.2 Å². The molecule has 1 aromatic heterocycles. The van der Waals surface area contributed by atoms with Crippen molar-refractivity contribution in [2.75, 3.05) is 19.6 Å². The first-order valence-electron chi connectivity index (χ1n) is 7.07. The zero-order chi connectivity index (χ0) is 14.7. The molecule has 0 spiro atoms. The van der Waals surface area contributed by atoms with E-state index in [4.69, 9.17) is 0 Å². The minimum atomic E-state index is 0. The molecule has 0 aliphatic carbocycles. The van der Waals surface area contributed by atoms with Crippen molar-refractivity contribution in [2.45, 2.75) is 19.5 Å². The molecule has 1 atom stereocenters. The maximum Gasteiger partial charge on any atom is 0.246 e. The molecular weight excluding hydrogens is 304 g/mol. The smallest absolute Gasteiger partial charge is 0.246 e. The second-order valence-corrected chi connectivity index (χ2v) is 5.20. The van der Waals surface area contributed by atoms with E-state index in [0.717, 1.165) is 25.2 Å². The third-order valence-electron chi connectivity index (χ3n) is 3.48. The van der Waals surface area contributed by atoms with Crippen LogP contribution in [0.25, 0.3) is 11.4 Å². The highest BCUT2D eigenvalue weighted by Crippen LogP contribution is 2.11. The lowest BCUT2D eigenvalue weighted by Crippen LogP contribution is -2.52. The highest BCUT2D eigenvalue weighted by molar-refractivity contribution is 5.85. The summed E-state index contributed by atoms with van der Waals surface area (Å²) < 4.78 is 0. The maximum absolute atomic E-state index is 12.2. The first kappa shape index (κ1) is 16.4. The van der Waals surface area contributed by atoms with Crippen molar-refractivity contribution in [3.05, 3.63) is 30.3 Å². The second kappa shape index (κ2) is 7.33. The quantitative estimate of drug-likeness (QED) is 0.894. The highest BCUT2D eigenvalue weighted by atomic mass is 35.5. The fraction of sp³-hybridized carbons (Fsp3) is 0.429. The average molecular weight is 323 g/mol. The van der Waals surface area contributed by atoms with Gasteiger partial charge < -0.3 is 10.2 Å². The van der Waals surface area contributed by atoms with Crippen LogP contribution < -0.4 is 5.32 Å². The van der Waals surface area contributed by atoms with E-state index in [1.165, 1.54) is 4.80 Å². The molecule has 1 aromatic carbocycles. The van der Waals surface area contributed by atoms with Gasteiger partial charge in [0.25, 0.3) is 0 Å². The minimum Gasteiger partial charge on any atom is -0.338 e. The Balaban J connectivity index is 0.00000176. The van der Waals surface area contributed by atoms with Gasteiger partial charge in [0.1, 0.15) is 6.54 Å². The molecule has 1 N–H and O–H groups in total. The Bertz CT molecular complexity index is 617. The van der Waals surface area contributed by atoms with Gasteiger partial charge in [0.2, 0.25) is 11.7 Å². The number of piperazine rings is 1. The maximum atomic E-state index is 12.2. The summed E-state index contributed by atoms with van der Waals surface area (Å²) in [6.07, 6.45) is 0. The number of hydrogen-bond acceptors (Lipinski definition) is 5. The number of nitrogens with one attached hydrogen (secondary N) is 1. The average Bonchev–Trinajstić information content (AvgIpc) is 2.97. The van der Waals surface area contributed by atoms with Gasteiger partial charge in [0, 0.05) is 31.2 Å². The van der Waals surface area contributed by atoms with Gasteiger partial charge in [-0.1, -0.05) is 30.3 Å². The van der Waals surface area contributed by atoms with Crippen LogP contribution in [0.3, 0.4) is 0 Å².